The van der Waals surface area contributed by atoms with Crippen LogP contribution in [0.25, 0.3) is 0 Å². The first-order chi connectivity index (χ1) is 6.27. The third kappa shape index (κ3) is 2.84. The average Bonchev–Trinajstić information content (AvgIpc) is 2.52. The minimum absolute atomic E-state index is 0.125. The lowest BCUT2D eigenvalue weighted by atomic mass is 10.3. The third-order valence-corrected chi connectivity index (χ3v) is 2.58. The van der Waals surface area contributed by atoms with Crippen molar-refractivity contribution in [3.8, 4) is 5.06 Å². The molecule has 0 aliphatic heterocycles. The summed E-state index contributed by atoms with van der Waals surface area (Å²) >= 11 is 1.49. The number of carbonyl (C=O) groups excluding carboxylic acids is 1. The van der Waals surface area contributed by atoms with Crippen LogP contribution in [-0.2, 0) is 11.2 Å². The minimum Gasteiger partial charge on any atom is -0.415 e. The van der Waals surface area contributed by atoms with E-state index in [9.17, 15) is 4.79 Å². The fourth-order valence-corrected chi connectivity index (χ4v) is 1.89. The summed E-state index contributed by atoms with van der Waals surface area (Å²) in [6.07, 6.45) is 2.25. The van der Waals surface area contributed by atoms with Crippen molar-refractivity contribution in [3.05, 3.63) is 17.0 Å². The lowest BCUT2D eigenvalue weighted by Crippen LogP contribution is -2.06. The van der Waals surface area contributed by atoms with Crippen LogP contribution < -0.4 is 4.74 Å². The highest BCUT2D eigenvalue weighted by molar-refractivity contribution is 7.12. The largest absolute Gasteiger partial charge is 0.415 e. The quantitative estimate of drug-likeness (QED) is 0.695. The molecule has 0 radical (unpaired) electrons. The Balaban J connectivity index is 2.57. The Hall–Kier alpha value is -0.830. The summed E-state index contributed by atoms with van der Waals surface area (Å²) in [5.41, 5.74) is 1.12. The van der Waals surface area contributed by atoms with E-state index in [4.69, 9.17) is 4.74 Å². The van der Waals surface area contributed by atoms with Gasteiger partial charge in [-0.15, -0.1) is 11.3 Å². The number of ether oxygens (including phenoxy) is 1. The topological polar surface area (TPSA) is 26.3 Å². The van der Waals surface area contributed by atoms with E-state index in [1.807, 2.05) is 18.4 Å². The molecule has 0 unspecified atom stereocenters. The molecule has 1 aromatic rings. The Kier molecular flexibility index (Phi) is 3.96. The van der Waals surface area contributed by atoms with Crippen LogP contribution in [0.2, 0.25) is 0 Å². The molecule has 0 bridgehead atoms. The van der Waals surface area contributed by atoms with Crippen LogP contribution in [0.4, 0.5) is 0 Å². The van der Waals surface area contributed by atoms with Crippen molar-refractivity contribution in [1.29, 1.82) is 0 Å². The maximum absolute atomic E-state index is 11.2. The molecule has 0 amide bonds. The number of esters is 1. The molecule has 0 fully saturated rings. The Morgan fingerprint density at radius 1 is 1.54 bits per heavy atom. The average molecular weight is 198 g/mol. The highest BCUT2D eigenvalue weighted by Gasteiger charge is 2.08. The van der Waals surface area contributed by atoms with Gasteiger partial charge in [0.2, 0.25) is 0 Å². The summed E-state index contributed by atoms with van der Waals surface area (Å²) in [6, 6.07) is 2.00. The summed E-state index contributed by atoms with van der Waals surface area (Å²) in [5.74, 6) is -0.125. The SMILES string of the molecule is CCCC(=O)Oc1sccc1CC. The standard InChI is InChI=1S/C10H14O2S/c1-3-5-9(11)12-10-8(4-2)6-7-13-10/h6-7H,3-5H2,1-2H3. The molecular formula is C10H14O2S. The van der Waals surface area contributed by atoms with E-state index in [1.165, 1.54) is 11.3 Å². The number of thiophene rings is 1. The van der Waals surface area contributed by atoms with Crippen molar-refractivity contribution >= 4 is 17.3 Å². The van der Waals surface area contributed by atoms with E-state index in [0.29, 0.717) is 6.42 Å². The zero-order valence-corrected chi connectivity index (χ0v) is 8.82. The van der Waals surface area contributed by atoms with Crippen molar-refractivity contribution in [1.82, 2.24) is 0 Å². The smallest absolute Gasteiger partial charge is 0.311 e. The van der Waals surface area contributed by atoms with Crippen molar-refractivity contribution in [2.45, 2.75) is 33.1 Å². The second-order valence-corrected chi connectivity index (χ2v) is 3.69. The molecule has 0 aliphatic rings. The lowest BCUT2D eigenvalue weighted by Gasteiger charge is -2.01. The van der Waals surface area contributed by atoms with Crippen LogP contribution in [0, 0.1) is 0 Å². The first-order valence-corrected chi connectivity index (χ1v) is 5.43. The molecule has 72 valence electrons. The van der Waals surface area contributed by atoms with Crippen molar-refractivity contribution in [2.75, 3.05) is 0 Å². The fourth-order valence-electron chi connectivity index (χ4n) is 1.03. The first kappa shape index (κ1) is 10.3. The molecule has 1 heterocycles. The van der Waals surface area contributed by atoms with Gasteiger partial charge in [0.15, 0.2) is 5.06 Å². The highest BCUT2D eigenvalue weighted by atomic mass is 32.1. The molecule has 0 atom stereocenters. The van der Waals surface area contributed by atoms with Crippen molar-refractivity contribution in [3.63, 3.8) is 0 Å². The second kappa shape index (κ2) is 5.02. The van der Waals surface area contributed by atoms with E-state index >= 15 is 0 Å². The number of aryl methyl sites for hydroxylation is 1. The number of rotatable bonds is 4. The van der Waals surface area contributed by atoms with Crippen LogP contribution in [0.15, 0.2) is 11.4 Å². The van der Waals surface area contributed by atoms with Gasteiger partial charge in [0, 0.05) is 12.0 Å². The molecule has 13 heavy (non-hydrogen) atoms. The van der Waals surface area contributed by atoms with Gasteiger partial charge < -0.3 is 4.74 Å². The molecule has 0 saturated heterocycles. The fraction of sp³-hybridized carbons (Fsp3) is 0.500. The normalized spacial score (nSPS) is 10.0. The van der Waals surface area contributed by atoms with Gasteiger partial charge in [-0.05, 0) is 24.3 Å². The van der Waals surface area contributed by atoms with E-state index in [0.717, 1.165) is 23.5 Å². The lowest BCUT2D eigenvalue weighted by molar-refractivity contribution is -0.134. The van der Waals surface area contributed by atoms with Crippen molar-refractivity contribution in [2.24, 2.45) is 0 Å². The van der Waals surface area contributed by atoms with Crippen LogP contribution in [-0.4, -0.2) is 5.97 Å². The summed E-state index contributed by atoms with van der Waals surface area (Å²) < 4.78 is 5.20. The predicted octanol–water partition coefficient (Wildman–Crippen LogP) is 3.02. The molecule has 0 N–H and O–H groups in total. The number of carbonyl (C=O) groups is 1. The summed E-state index contributed by atoms with van der Waals surface area (Å²) in [5, 5.41) is 2.72. The molecule has 1 rings (SSSR count). The Labute approximate surface area is 82.5 Å². The summed E-state index contributed by atoms with van der Waals surface area (Å²) in [4.78, 5) is 11.2. The van der Waals surface area contributed by atoms with Gasteiger partial charge in [0.1, 0.15) is 0 Å². The van der Waals surface area contributed by atoms with Crippen LogP contribution in [0.3, 0.4) is 0 Å². The van der Waals surface area contributed by atoms with Gasteiger partial charge in [-0.1, -0.05) is 13.8 Å². The minimum atomic E-state index is -0.125. The molecule has 0 spiro atoms. The van der Waals surface area contributed by atoms with Crippen LogP contribution in [0.1, 0.15) is 32.3 Å². The van der Waals surface area contributed by atoms with Gasteiger partial charge in [-0.2, -0.15) is 0 Å². The Bertz CT molecular complexity index is 278. The second-order valence-electron chi connectivity index (χ2n) is 2.81. The van der Waals surface area contributed by atoms with Gasteiger partial charge in [0.25, 0.3) is 0 Å². The molecule has 1 aromatic heterocycles. The van der Waals surface area contributed by atoms with Crippen LogP contribution >= 0.6 is 11.3 Å². The third-order valence-electron chi connectivity index (χ3n) is 1.75. The van der Waals surface area contributed by atoms with Gasteiger partial charge >= 0.3 is 5.97 Å². The maximum atomic E-state index is 11.2. The van der Waals surface area contributed by atoms with E-state index in [2.05, 4.69) is 6.92 Å². The highest BCUT2D eigenvalue weighted by Crippen LogP contribution is 2.26. The number of hydrogen-bond acceptors (Lipinski definition) is 3. The van der Waals surface area contributed by atoms with Crippen molar-refractivity contribution < 1.29 is 9.53 Å². The Morgan fingerprint density at radius 3 is 2.92 bits per heavy atom. The zero-order valence-electron chi connectivity index (χ0n) is 8.00. The summed E-state index contributed by atoms with van der Waals surface area (Å²) in [6.45, 7) is 4.02. The van der Waals surface area contributed by atoms with E-state index < -0.39 is 0 Å². The molecule has 0 aliphatic carbocycles. The van der Waals surface area contributed by atoms with Gasteiger partial charge in [0.05, 0.1) is 0 Å². The summed E-state index contributed by atoms with van der Waals surface area (Å²) in [7, 11) is 0. The van der Waals surface area contributed by atoms with Crippen LogP contribution in [0.5, 0.6) is 5.06 Å². The Morgan fingerprint density at radius 2 is 2.31 bits per heavy atom. The number of hydrogen-bond donors (Lipinski definition) is 0. The zero-order chi connectivity index (χ0) is 9.68. The first-order valence-electron chi connectivity index (χ1n) is 4.55. The molecule has 0 saturated carbocycles. The molecule has 3 heteroatoms. The van der Waals surface area contributed by atoms with E-state index in [-0.39, 0.29) is 5.97 Å². The molecular weight excluding hydrogens is 184 g/mol. The van der Waals surface area contributed by atoms with Gasteiger partial charge in [-0.25, -0.2) is 0 Å². The monoisotopic (exact) mass is 198 g/mol. The predicted molar refractivity (Wildman–Crippen MR) is 54.2 cm³/mol. The molecule has 2 nitrogen and oxygen atoms in total. The van der Waals surface area contributed by atoms with Gasteiger partial charge in [-0.3, -0.25) is 4.79 Å². The molecule has 0 aromatic carbocycles. The maximum Gasteiger partial charge on any atom is 0.311 e. The van der Waals surface area contributed by atoms with E-state index in [1.54, 1.807) is 0 Å².